The summed E-state index contributed by atoms with van der Waals surface area (Å²) in [7, 11) is 1.87. The topological polar surface area (TPSA) is 50.7 Å². The zero-order valence-corrected chi connectivity index (χ0v) is 12.1. The molecule has 2 heterocycles. The van der Waals surface area contributed by atoms with Gasteiger partial charge in [0.15, 0.2) is 5.82 Å². The predicted octanol–water partition coefficient (Wildman–Crippen LogP) is 3.62. The van der Waals surface area contributed by atoms with Crippen molar-refractivity contribution in [2.45, 2.75) is 6.92 Å². The lowest BCUT2D eigenvalue weighted by Gasteiger charge is -2.11. The lowest BCUT2D eigenvalue weighted by atomic mass is 10.1. The first-order valence-electron chi connectivity index (χ1n) is 6.30. The number of hydrogen-bond acceptors (Lipinski definition) is 5. The molecule has 0 bridgehead atoms. The summed E-state index contributed by atoms with van der Waals surface area (Å²) in [6.45, 7) is 2.03. The molecule has 20 heavy (non-hydrogen) atoms. The second-order valence-electron chi connectivity index (χ2n) is 4.36. The van der Waals surface area contributed by atoms with Crippen LogP contribution in [0.3, 0.4) is 0 Å². The van der Waals surface area contributed by atoms with E-state index in [0.717, 1.165) is 28.3 Å². The maximum absolute atomic E-state index is 4.69. The molecule has 0 fully saturated rings. The van der Waals surface area contributed by atoms with Gasteiger partial charge in [-0.1, -0.05) is 30.3 Å². The fraction of sp³-hybridized carbons (Fsp3) is 0.133. The van der Waals surface area contributed by atoms with Gasteiger partial charge in [-0.25, -0.2) is 15.0 Å². The van der Waals surface area contributed by atoms with Crippen LogP contribution in [0.25, 0.3) is 22.8 Å². The van der Waals surface area contributed by atoms with Gasteiger partial charge in [-0.3, -0.25) is 0 Å². The quantitative estimate of drug-likeness (QED) is 0.797. The maximum Gasteiger partial charge on any atom is 0.181 e. The summed E-state index contributed by atoms with van der Waals surface area (Å²) in [5, 5.41) is 5.09. The van der Waals surface area contributed by atoms with Gasteiger partial charge >= 0.3 is 0 Å². The first-order valence-corrected chi connectivity index (χ1v) is 7.24. The van der Waals surface area contributed by atoms with Crippen LogP contribution in [0.1, 0.15) is 5.56 Å². The third kappa shape index (κ3) is 2.28. The van der Waals surface area contributed by atoms with E-state index in [1.54, 1.807) is 16.8 Å². The van der Waals surface area contributed by atoms with E-state index >= 15 is 0 Å². The van der Waals surface area contributed by atoms with Crippen molar-refractivity contribution in [3.63, 3.8) is 0 Å². The van der Waals surface area contributed by atoms with Gasteiger partial charge in [0, 0.05) is 23.6 Å². The third-order valence-corrected chi connectivity index (χ3v) is 3.68. The molecule has 1 aromatic carbocycles. The van der Waals surface area contributed by atoms with Gasteiger partial charge in [0.1, 0.15) is 11.5 Å². The van der Waals surface area contributed by atoms with Gasteiger partial charge < -0.3 is 5.32 Å². The summed E-state index contributed by atoms with van der Waals surface area (Å²) in [5.41, 5.74) is 5.66. The van der Waals surface area contributed by atoms with Gasteiger partial charge in [-0.15, -0.1) is 11.3 Å². The van der Waals surface area contributed by atoms with Crippen LogP contribution in [0.4, 0.5) is 5.82 Å². The van der Waals surface area contributed by atoms with Gasteiger partial charge in [0.05, 0.1) is 11.2 Å². The Kier molecular flexibility index (Phi) is 3.43. The average Bonchev–Trinajstić information content (AvgIpc) is 3.03. The molecule has 0 unspecified atom stereocenters. The van der Waals surface area contributed by atoms with Crippen LogP contribution in [0, 0.1) is 6.92 Å². The molecule has 0 aliphatic carbocycles. The van der Waals surface area contributed by atoms with Crippen LogP contribution in [0.5, 0.6) is 0 Å². The van der Waals surface area contributed by atoms with Gasteiger partial charge in [0.25, 0.3) is 0 Å². The summed E-state index contributed by atoms with van der Waals surface area (Å²) in [6, 6.07) is 10.1. The van der Waals surface area contributed by atoms with E-state index in [2.05, 4.69) is 32.4 Å². The van der Waals surface area contributed by atoms with Crippen molar-refractivity contribution >= 4 is 17.2 Å². The number of hydrogen-bond donors (Lipinski definition) is 1. The van der Waals surface area contributed by atoms with Crippen LogP contribution in [0.2, 0.25) is 0 Å². The fourth-order valence-corrected chi connectivity index (χ4v) is 2.61. The zero-order chi connectivity index (χ0) is 13.9. The molecule has 3 rings (SSSR count). The summed E-state index contributed by atoms with van der Waals surface area (Å²) in [6.07, 6.45) is 0. The SMILES string of the molecule is CNc1nc(-c2cscn2)nc(-c2ccccc2)c1C. The van der Waals surface area contributed by atoms with E-state index in [-0.39, 0.29) is 0 Å². The van der Waals surface area contributed by atoms with Crippen LogP contribution in [-0.4, -0.2) is 22.0 Å². The molecule has 5 heteroatoms. The van der Waals surface area contributed by atoms with Crippen molar-refractivity contribution < 1.29 is 0 Å². The first-order chi connectivity index (χ1) is 9.79. The Hall–Kier alpha value is -2.27. The summed E-state index contributed by atoms with van der Waals surface area (Å²) in [4.78, 5) is 13.5. The van der Waals surface area contributed by atoms with Crippen molar-refractivity contribution in [2.75, 3.05) is 12.4 Å². The standard InChI is InChI=1S/C15H14N4S/c1-10-13(11-6-4-3-5-7-11)18-15(19-14(10)16-2)12-8-20-9-17-12/h3-9H,1-2H3,(H,16,18,19). The summed E-state index contributed by atoms with van der Waals surface area (Å²) < 4.78 is 0. The number of nitrogens with zero attached hydrogens (tertiary/aromatic N) is 3. The number of aromatic nitrogens is 3. The minimum absolute atomic E-state index is 0.653. The number of thiazole rings is 1. The van der Waals surface area contributed by atoms with Crippen molar-refractivity contribution in [2.24, 2.45) is 0 Å². The van der Waals surface area contributed by atoms with E-state index in [9.17, 15) is 0 Å². The Balaban J connectivity index is 2.21. The van der Waals surface area contributed by atoms with E-state index in [4.69, 9.17) is 0 Å². The molecule has 1 N–H and O–H groups in total. The Labute approximate surface area is 121 Å². The zero-order valence-electron chi connectivity index (χ0n) is 11.3. The highest BCUT2D eigenvalue weighted by atomic mass is 32.1. The summed E-state index contributed by atoms with van der Waals surface area (Å²) >= 11 is 1.54. The Morgan fingerprint density at radius 1 is 1.10 bits per heavy atom. The van der Waals surface area contributed by atoms with Gasteiger partial charge in [-0.05, 0) is 6.92 Å². The highest BCUT2D eigenvalue weighted by Crippen LogP contribution is 2.28. The molecule has 3 aromatic rings. The highest BCUT2D eigenvalue weighted by molar-refractivity contribution is 7.07. The highest BCUT2D eigenvalue weighted by Gasteiger charge is 2.13. The number of anilines is 1. The second kappa shape index (κ2) is 5.38. The van der Waals surface area contributed by atoms with Crippen LogP contribution in [-0.2, 0) is 0 Å². The average molecular weight is 282 g/mol. The lowest BCUT2D eigenvalue weighted by molar-refractivity contribution is 1.12. The van der Waals surface area contributed by atoms with Crippen molar-refractivity contribution in [1.82, 2.24) is 15.0 Å². The summed E-state index contributed by atoms with van der Waals surface area (Å²) in [5.74, 6) is 1.49. The van der Waals surface area contributed by atoms with Crippen LogP contribution >= 0.6 is 11.3 Å². The largest absolute Gasteiger partial charge is 0.373 e. The molecule has 100 valence electrons. The molecule has 0 aliphatic rings. The van der Waals surface area contributed by atoms with Crippen LogP contribution < -0.4 is 5.32 Å². The van der Waals surface area contributed by atoms with E-state index < -0.39 is 0 Å². The lowest BCUT2D eigenvalue weighted by Crippen LogP contribution is -2.03. The Bertz CT molecular complexity index is 708. The van der Waals surface area contributed by atoms with Crippen molar-refractivity contribution in [1.29, 1.82) is 0 Å². The van der Waals surface area contributed by atoms with E-state index in [1.807, 2.05) is 37.6 Å². The van der Waals surface area contributed by atoms with E-state index in [0.29, 0.717) is 5.82 Å². The van der Waals surface area contributed by atoms with Crippen LogP contribution in [0.15, 0.2) is 41.2 Å². The monoisotopic (exact) mass is 282 g/mol. The molecule has 2 aromatic heterocycles. The number of rotatable bonds is 3. The molecule has 4 nitrogen and oxygen atoms in total. The molecule has 0 saturated carbocycles. The van der Waals surface area contributed by atoms with Crippen molar-refractivity contribution in [3.05, 3.63) is 46.8 Å². The number of benzene rings is 1. The fourth-order valence-electron chi connectivity index (χ4n) is 2.07. The molecule has 0 aliphatic heterocycles. The minimum Gasteiger partial charge on any atom is -0.373 e. The normalized spacial score (nSPS) is 10.5. The smallest absolute Gasteiger partial charge is 0.181 e. The molecule has 0 atom stereocenters. The Morgan fingerprint density at radius 2 is 1.90 bits per heavy atom. The van der Waals surface area contributed by atoms with Gasteiger partial charge in [-0.2, -0.15) is 0 Å². The maximum atomic E-state index is 4.69. The molecule has 0 amide bonds. The minimum atomic E-state index is 0.653. The molecule has 0 saturated heterocycles. The van der Waals surface area contributed by atoms with Gasteiger partial charge in [0.2, 0.25) is 0 Å². The third-order valence-electron chi connectivity index (χ3n) is 3.09. The van der Waals surface area contributed by atoms with Crippen molar-refractivity contribution in [3.8, 4) is 22.8 Å². The number of nitrogens with one attached hydrogen (secondary N) is 1. The molecular formula is C15H14N4S. The molecule has 0 radical (unpaired) electrons. The second-order valence-corrected chi connectivity index (χ2v) is 5.08. The van der Waals surface area contributed by atoms with E-state index in [1.165, 1.54) is 0 Å². The predicted molar refractivity (Wildman–Crippen MR) is 82.9 cm³/mol. The molecular weight excluding hydrogens is 268 g/mol. The first kappa shape index (κ1) is 12.7. The Morgan fingerprint density at radius 3 is 2.55 bits per heavy atom. The molecule has 0 spiro atoms.